The molecule has 1 fully saturated rings. The average Bonchev–Trinajstić information content (AvgIpc) is 2.33. The van der Waals surface area contributed by atoms with Crippen molar-refractivity contribution in [2.45, 2.75) is 44.7 Å². The smallest absolute Gasteiger partial charge is 0.283 e. The molecule has 0 unspecified atom stereocenters. The zero-order valence-corrected chi connectivity index (χ0v) is 9.16. The summed E-state index contributed by atoms with van der Waals surface area (Å²) >= 11 is 0. The van der Waals surface area contributed by atoms with Crippen molar-refractivity contribution in [1.29, 1.82) is 0 Å². The van der Waals surface area contributed by atoms with Gasteiger partial charge in [-0.25, -0.2) is 4.39 Å². The summed E-state index contributed by atoms with van der Waals surface area (Å²) < 4.78 is 13.2. The number of alkyl halides is 1. The van der Waals surface area contributed by atoms with Crippen LogP contribution in [0.5, 0.6) is 0 Å². The van der Waals surface area contributed by atoms with Crippen LogP contribution in [0.4, 0.5) is 4.39 Å². The van der Waals surface area contributed by atoms with E-state index in [1.807, 2.05) is 0 Å². The number of aromatic nitrogens is 1. The van der Waals surface area contributed by atoms with Gasteiger partial charge in [-0.1, -0.05) is 19.3 Å². The van der Waals surface area contributed by atoms with Gasteiger partial charge in [-0.3, -0.25) is 4.79 Å². The fraction of sp³-hybridized carbons (Fsp3) is 0.583. The van der Waals surface area contributed by atoms with Gasteiger partial charge in [0, 0.05) is 12.0 Å². The normalized spacial score (nSPS) is 17.6. The van der Waals surface area contributed by atoms with Gasteiger partial charge in [0.1, 0.15) is 6.67 Å². The first-order valence-corrected chi connectivity index (χ1v) is 5.73. The molecule has 1 aliphatic rings. The van der Waals surface area contributed by atoms with Crippen molar-refractivity contribution in [3.05, 3.63) is 33.7 Å². The Morgan fingerprint density at radius 1 is 1.31 bits per heavy atom. The SMILES string of the molecule is O=c1cc(CF)cc(C2CCCCC2)n1O. The number of nitrogens with zero attached hydrogens (tertiary/aromatic N) is 1. The van der Waals surface area contributed by atoms with E-state index in [4.69, 9.17) is 0 Å². The van der Waals surface area contributed by atoms with Gasteiger partial charge in [-0.05, 0) is 24.5 Å². The third-order valence-electron chi connectivity index (χ3n) is 3.27. The largest absolute Gasteiger partial charge is 0.425 e. The highest BCUT2D eigenvalue weighted by Gasteiger charge is 2.20. The number of hydrogen-bond acceptors (Lipinski definition) is 2. The van der Waals surface area contributed by atoms with Crippen molar-refractivity contribution in [1.82, 2.24) is 4.73 Å². The summed E-state index contributed by atoms with van der Waals surface area (Å²) in [6, 6.07) is 2.75. The highest BCUT2D eigenvalue weighted by Crippen LogP contribution is 2.32. The average molecular weight is 225 g/mol. The molecule has 0 saturated heterocycles. The molecule has 1 aromatic rings. The maximum atomic E-state index is 12.6. The van der Waals surface area contributed by atoms with Crippen LogP contribution in [-0.2, 0) is 6.67 Å². The summed E-state index contributed by atoms with van der Waals surface area (Å²) in [5.41, 5.74) is 0.395. The van der Waals surface area contributed by atoms with Crippen molar-refractivity contribution in [3.63, 3.8) is 0 Å². The number of halogens is 1. The quantitative estimate of drug-likeness (QED) is 0.786. The second-order valence-corrected chi connectivity index (χ2v) is 4.41. The molecular weight excluding hydrogens is 209 g/mol. The molecule has 0 bridgehead atoms. The minimum Gasteiger partial charge on any atom is -0.425 e. The van der Waals surface area contributed by atoms with Crippen LogP contribution >= 0.6 is 0 Å². The van der Waals surface area contributed by atoms with Crippen LogP contribution in [0.2, 0.25) is 0 Å². The van der Waals surface area contributed by atoms with Crippen molar-refractivity contribution in [2.24, 2.45) is 0 Å². The van der Waals surface area contributed by atoms with Gasteiger partial charge >= 0.3 is 0 Å². The lowest BCUT2D eigenvalue weighted by Crippen LogP contribution is -2.24. The van der Waals surface area contributed by atoms with Crippen LogP contribution in [0, 0.1) is 0 Å². The minimum absolute atomic E-state index is 0.193. The molecule has 1 heterocycles. The summed E-state index contributed by atoms with van der Waals surface area (Å²) in [6.45, 7) is -0.657. The Hall–Kier alpha value is -1.32. The summed E-state index contributed by atoms with van der Waals surface area (Å²) in [5.74, 6) is 0.193. The number of hydrogen-bond donors (Lipinski definition) is 1. The molecule has 3 nitrogen and oxygen atoms in total. The molecule has 2 rings (SSSR count). The summed E-state index contributed by atoms with van der Waals surface area (Å²) in [4.78, 5) is 11.4. The van der Waals surface area contributed by atoms with E-state index in [1.165, 1.54) is 6.42 Å². The van der Waals surface area contributed by atoms with Gasteiger partial charge in [0.2, 0.25) is 0 Å². The molecule has 0 amide bonds. The summed E-state index contributed by atoms with van der Waals surface area (Å²) in [5, 5.41) is 9.65. The molecule has 16 heavy (non-hydrogen) atoms. The Labute approximate surface area is 93.5 Å². The molecule has 1 saturated carbocycles. The van der Waals surface area contributed by atoms with Crippen LogP contribution in [-0.4, -0.2) is 9.94 Å². The van der Waals surface area contributed by atoms with Gasteiger partial charge in [-0.15, -0.1) is 0 Å². The molecule has 1 aromatic heterocycles. The van der Waals surface area contributed by atoms with E-state index < -0.39 is 12.2 Å². The Balaban J connectivity index is 2.37. The van der Waals surface area contributed by atoms with E-state index in [-0.39, 0.29) is 5.92 Å². The van der Waals surface area contributed by atoms with Crippen LogP contribution in [0.25, 0.3) is 0 Å². The second-order valence-electron chi connectivity index (χ2n) is 4.41. The Bertz CT molecular complexity index is 422. The maximum Gasteiger partial charge on any atom is 0.283 e. The number of rotatable bonds is 2. The Kier molecular flexibility index (Phi) is 3.27. The van der Waals surface area contributed by atoms with E-state index >= 15 is 0 Å². The van der Waals surface area contributed by atoms with E-state index in [1.54, 1.807) is 6.07 Å². The maximum absolute atomic E-state index is 12.6. The molecule has 0 atom stereocenters. The first-order valence-electron chi connectivity index (χ1n) is 5.73. The molecule has 88 valence electrons. The molecule has 4 heteroatoms. The number of pyridine rings is 1. The zero-order chi connectivity index (χ0) is 11.5. The Morgan fingerprint density at radius 2 is 2.00 bits per heavy atom. The third-order valence-corrected chi connectivity index (χ3v) is 3.27. The lowest BCUT2D eigenvalue weighted by molar-refractivity contribution is 0.156. The molecule has 1 N–H and O–H groups in total. The Morgan fingerprint density at radius 3 is 2.62 bits per heavy atom. The van der Waals surface area contributed by atoms with Crippen molar-refractivity contribution in [3.8, 4) is 0 Å². The molecule has 0 radical (unpaired) electrons. The first-order chi connectivity index (χ1) is 7.72. The molecule has 0 aromatic carbocycles. The van der Waals surface area contributed by atoms with E-state index in [2.05, 4.69) is 0 Å². The van der Waals surface area contributed by atoms with E-state index in [0.717, 1.165) is 31.7 Å². The second kappa shape index (κ2) is 4.68. The highest BCUT2D eigenvalue weighted by molar-refractivity contribution is 5.20. The third kappa shape index (κ3) is 2.10. The fourth-order valence-corrected chi connectivity index (χ4v) is 2.41. The molecule has 1 aliphatic carbocycles. The van der Waals surface area contributed by atoms with Crippen LogP contribution in [0.1, 0.15) is 49.3 Å². The topological polar surface area (TPSA) is 42.2 Å². The lowest BCUT2D eigenvalue weighted by atomic mass is 9.86. The summed E-state index contributed by atoms with van der Waals surface area (Å²) in [6.07, 6.45) is 5.36. The van der Waals surface area contributed by atoms with Gasteiger partial charge in [0.25, 0.3) is 5.56 Å². The predicted molar refractivity (Wildman–Crippen MR) is 58.5 cm³/mol. The predicted octanol–water partition coefficient (Wildman–Crippen LogP) is 2.60. The van der Waals surface area contributed by atoms with Gasteiger partial charge in [-0.2, -0.15) is 4.73 Å². The van der Waals surface area contributed by atoms with Crippen molar-refractivity contribution in [2.75, 3.05) is 0 Å². The monoisotopic (exact) mass is 225 g/mol. The molecule has 0 spiro atoms. The highest BCUT2D eigenvalue weighted by atomic mass is 19.1. The van der Waals surface area contributed by atoms with E-state index in [9.17, 15) is 14.4 Å². The minimum atomic E-state index is -0.657. The van der Waals surface area contributed by atoms with Crippen molar-refractivity contribution >= 4 is 0 Å². The van der Waals surface area contributed by atoms with Crippen LogP contribution < -0.4 is 5.56 Å². The molecular formula is C12H16FNO2. The van der Waals surface area contributed by atoms with Gasteiger partial charge in [0.05, 0.1) is 5.69 Å². The van der Waals surface area contributed by atoms with Gasteiger partial charge in [0.15, 0.2) is 0 Å². The summed E-state index contributed by atoms with van der Waals surface area (Å²) in [7, 11) is 0. The van der Waals surface area contributed by atoms with Crippen LogP contribution in [0.3, 0.4) is 0 Å². The fourth-order valence-electron chi connectivity index (χ4n) is 2.41. The zero-order valence-electron chi connectivity index (χ0n) is 9.16. The van der Waals surface area contributed by atoms with Crippen LogP contribution in [0.15, 0.2) is 16.9 Å². The standard InChI is InChI=1S/C12H16FNO2/c13-8-9-6-11(14(16)12(15)7-9)10-4-2-1-3-5-10/h6-7,10,16H,1-5,8H2. The lowest BCUT2D eigenvalue weighted by Gasteiger charge is -2.23. The van der Waals surface area contributed by atoms with Crippen molar-refractivity contribution < 1.29 is 9.60 Å². The van der Waals surface area contributed by atoms with Gasteiger partial charge < -0.3 is 5.21 Å². The van der Waals surface area contributed by atoms with E-state index in [0.29, 0.717) is 16.0 Å². The molecule has 0 aliphatic heterocycles. The first kappa shape index (κ1) is 11.2.